The maximum atomic E-state index is 12.7. The topological polar surface area (TPSA) is 75.2 Å². The highest BCUT2D eigenvalue weighted by Crippen LogP contribution is 2.35. The molecule has 2 aromatic heterocycles. The summed E-state index contributed by atoms with van der Waals surface area (Å²) >= 11 is 1.39. The molecule has 0 aliphatic carbocycles. The number of carbonyl (C=O) groups is 2. The van der Waals surface area contributed by atoms with Crippen LogP contribution in [0.15, 0.2) is 48.1 Å². The second-order valence-corrected chi connectivity index (χ2v) is 8.89. The lowest BCUT2D eigenvalue weighted by molar-refractivity contribution is -0.125. The van der Waals surface area contributed by atoms with Crippen molar-refractivity contribution >= 4 is 34.0 Å². The van der Waals surface area contributed by atoms with Gasteiger partial charge in [-0.1, -0.05) is 26.8 Å². The molecular weight excluding hydrogens is 384 g/mol. The Kier molecular flexibility index (Phi) is 4.92. The minimum Gasteiger partial charge on any atom is -0.311 e. The largest absolute Gasteiger partial charge is 0.311 e. The van der Waals surface area contributed by atoms with E-state index in [2.05, 4.69) is 21.4 Å². The van der Waals surface area contributed by atoms with Crippen LogP contribution in [0.25, 0.3) is 11.3 Å². The first-order valence-electron chi connectivity index (χ1n) is 9.45. The van der Waals surface area contributed by atoms with E-state index in [1.807, 2.05) is 43.2 Å². The van der Waals surface area contributed by atoms with Crippen molar-refractivity contribution in [1.82, 2.24) is 9.97 Å². The third-order valence-electron chi connectivity index (χ3n) is 4.82. The average Bonchev–Trinajstić information content (AvgIpc) is 3.33. The van der Waals surface area contributed by atoms with E-state index in [9.17, 15) is 9.59 Å². The zero-order valence-corrected chi connectivity index (χ0v) is 17.4. The Bertz CT molecular complexity index is 1070. The van der Waals surface area contributed by atoms with E-state index in [-0.39, 0.29) is 11.8 Å². The summed E-state index contributed by atoms with van der Waals surface area (Å²) in [5.74, 6) is -0.0719. The molecule has 0 atom stereocenters. The minimum absolute atomic E-state index is 0.138. The van der Waals surface area contributed by atoms with E-state index in [1.54, 1.807) is 24.5 Å². The third-order valence-corrected chi connectivity index (χ3v) is 5.58. The monoisotopic (exact) mass is 406 g/mol. The number of pyridine rings is 1. The number of hydrogen-bond donors (Lipinski definition) is 1. The fourth-order valence-corrected chi connectivity index (χ4v) is 4.03. The highest BCUT2D eigenvalue weighted by atomic mass is 32.1. The second kappa shape index (κ2) is 7.40. The van der Waals surface area contributed by atoms with Gasteiger partial charge in [0.25, 0.3) is 5.91 Å². The van der Waals surface area contributed by atoms with Crippen LogP contribution in [-0.4, -0.2) is 28.3 Å². The number of nitrogens with zero attached hydrogens (tertiary/aromatic N) is 3. The van der Waals surface area contributed by atoms with Gasteiger partial charge in [0.05, 0.1) is 5.69 Å². The molecule has 2 amide bonds. The van der Waals surface area contributed by atoms with Gasteiger partial charge in [0.1, 0.15) is 0 Å². The Morgan fingerprint density at radius 3 is 2.62 bits per heavy atom. The van der Waals surface area contributed by atoms with Gasteiger partial charge in [0.15, 0.2) is 5.13 Å². The Morgan fingerprint density at radius 2 is 1.90 bits per heavy atom. The van der Waals surface area contributed by atoms with E-state index in [0.717, 1.165) is 28.9 Å². The number of anilines is 2. The predicted octanol–water partition coefficient (Wildman–Crippen LogP) is 4.39. The molecule has 0 saturated heterocycles. The lowest BCUT2D eigenvalue weighted by Gasteiger charge is -2.26. The van der Waals surface area contributed by atoms with Crippen molar-refractivity contribution in [2.45, 2.75) is 27.2 Å². The zero-order valence-electron chi connectivity index (χ0n) is 16.6. The molecule has 0 spiro atoms. The van der Waals surface area contributed by atoms with Crippen molar-refractivity contribution in [1.29, 1.82) is 0 Å². The number of nitrogens with one attached hydrogen (secondary N) is 1. The maximum absolute atomic E-state index is 12.7. The van der Waals surface area contributed by atoms with Crippen molar-refractivity contribution in [3.8, 4) is 11.3 Å². The molecule has 1 N–H and O–H groups in total. The van der Waals surface area contributed by atoms with Crippen LogP contribution >= 0.6 is 11.3 Å². The number of carbonyl (C=O) groups excluding carboxylic acids is 2. The number of benzene rings is 1. The highest BCUT2D eigenvalue weighted by Gasteiger charge is 2.32. The standard InChI is InChI=1S/C22H22N4O2S/c1-22(2,3)20(28)26-11-8-16-12-15(4-5-18(16)26)17-13-29-21(24-17)25-19(27)14-6-9-23-10-7-14/h4-7,9-10,12-13H,8,11H2,1-3H3,(H,24,25,27). The molecule has 6 nitrogen and oxygen atoms in total. The van der Waals surface area contributed by atoms with Gasteiger partial charge in [-0.2, -0.15) is 0 Å². The smallest absolute Gasteiger partial charge is 0.257 e. The van der Waals surface area contributed by atoms with Gasteiger partial charge in [-0.25, -0.2) is 4.98 Å². The summed E-state index contributed by atoms with van der Waals surface area (Å²) in [5, 5.41) is 5.30. The van der Waals surface area contributed by atoms with Crippen LogP contribution in [0, 0.1) is 5.41 Å². The predicted molar refractivity (Wildman–Crippen MR) is 115 cm³/mol. The lowest BCUT2D eigenvalue weighted by Crippen LogP contribution is -2.38. The summed E-state index contributed by atoms with van der Waals surface area (Å²) in [5.41, 5.74) is 4.05. The maximum Gasteiger partial charge on any atom is 0.257 e. The van der Waals surface area contributed by atoms with Gasteiger partial charge in [0, 0.05) is 46.5 Å². The fraction of sp³-hybridized carbons (Fsp3) is 0.273. The summed E-state index contributed by atoms with van der Waals surface area (Å²) in [4.78, 5) is 35.3. The molecule has 3 heterocycles. The molecule has 0 bridgehead atoms. The molecule has 1 aromatic carbocycles. The van der Waals surface area contributed by atoms with Crippen molar-refractivity contribution in [3.05, 3.63) is 59.2 Å². The number of thiazole rings is 1. The SMILES string of the molecule is CC(C)(C)C(=O)N1CCc2cc(-c3csc(NC(=O)c4ccncc4)n3)ccc21. The summed E-state index contributed by atoms with van der Waals surface area (Å²) in [6.07, 6.45) is 4.00. The Hall–Kier alpha value is -3.06. The van der Waals surface area contributed by atoms with Gasteiger partial charge in [-0.3, -0.25) is 19.9 Å². The highest BCUT2D eigenvalue weighted by molar-refractivity contribution is 7.14. The molecule has 0 saturated carbocycles. The van der Waals surface area contributed by atoms with Gasteiger partial charge < -0.3 is 4.90 Å². The Balaban J connectivity index is 1.52. The molecule has 1 aliphatic heterocycles. The van der Waals surface area contributed by atoms with E-state index < -0.39 is 5.41 Å². The van der Waals surface area contributed by atoms with Crippen molar-refractivity contribution in [2.24, 2.45) is 5.41 Å². The molecule has 3 aromatic rings. The second-order valence-electron chi connectivity index (χ2n) is 8.03. The molecular formula is C22H22N4O2S. The number of rotatable bonds is 3. The molecule has 4 rings (SSSR count). The summed E-state index contributed by atoms with van der Waals surface area (Å²) in [7, 11) is 0. The Morgan fingerprint density at radius 1 is 1.14 bits per heavy atom. The van der Waals surface area contributed by atoms with Crippen molar-refractivity contribution in [2.75, 3.05) is 16.8 Å². The van der Waals surface area contributed by atoms with Crippen LogP contribution in [0.5, 0.6) is 0 Å². The van der Waals surface area contributed by atoms with Gasteiger partial charge >= 0.3 is 0 Å². The van der Waals surface area contributed by atoms with Gasteiger partial charge in [-0.05, 0) is 36.2 Å². The normalized spacial score (nSPS) is 13.3. The molecule has 1 aliphatic rings. The number of aromatic nitrogens is 2. The first-order chi connectivity index (χ1) is 13.8. The van der Waals surface area contributed by atoms with Crippen LogP contribution in [0.3, 0.4) is 0 Å². The fourth-order valence-electron chi connectivity index (χ4n) is 3.31. The molecule has 0 fully saturated rings. The van der Waals surface area contributed by atoms with Crippen molar-refractivity contribution in [3.63, 3.8) is 0 Å². The first-order valence-corrected chi connectivity index (χ1v) is 10.3. The van der Waals surface area contributed by atoms with Crippen LogP contribution < -0.4 is 10.2 Å². The van der Waals surface area contributed by atoms with E-state index >= 15 is 0 Å². The molecule has 0 unspecified atom stereocenters. The van der Waals surface area contributed by atoms with Crippen LogP contribution in [-0.2, 0) is 11.2 Å². The quantitative estimate of drug-likeness (QED) is 0.700. The van der Waals surface area contributed by atoms with Crippen LogP contribution in [0.1, 0.15) is 36.7 Å². The van der Waals surface area contributed by atoms with Crippen molar-refractivity contribution < 1.29 is 9.59 Å². The van der Waals surface area contributed by atoms with Crippen LogP contribution in [0.4, 0.5) is 10.8 Å². The molecule has 148 valence electrons. The summed E-state index contributed by atoms with van der Waals surface area (Å²) in [6.45, 7) is 6.54. The number of amides is 2. The van der Waals surface area contributed by atoms with E-state index in [1.165, 1.54) is 11.3 Å². The third kappa shape index (κ3) is 3.91. The number of hydrogen-bond acceptors (Lipinski definition) is 5. The van der Waals surface area contributed by atoms with E-state index in [4.69, 9.17) is 0 Å². The first kappa shape index (κ1) is 19.3. The zero-order chi connectivity index (χ0) is 20.6. The average molecular weight is 407 g/mol. The summed E-state index contributed by atoms with van der Waals surface area (Å²) < 4.78 is 0. The molecule has 0 radical (unpaired) electrons. The minimum atomic E-state index is -0.406. The van der Waals surface area contributed by atoms with Gasteiger partial charge in [-0.15, -0.1) is 11.3 Å². The molecule has 7 heteroatoms. The molecule has 29 heavy (non-hydrogen) atoms. The number of fused-ring (bicyclic) bond motifs is 1. The lowest BCUT2D eigenvalue weighted by atomic mass is 9.94. The van der Waals surface area contributed by atoms with E-state index in [0.29, 0.717) is 17.2 Å². The summed E-state index contributed by atoms with van der Waals surface area (Å²) in [6, 6.07) is 9.39. The Labute approximate surface area is 173 Å². The van der Waals surface area contributed by atoms with Crippen LogP contribution in [0.2, 0.25) is 0 Å². The van der Waals surface area contributed by atoms with Gasteiger partial charge in [0.2, 0.25) is 5.91 Å².